The highest BCUT2D eigenvalue weighted by molar-refractivity contribution is 5.96. The molecule has 6 rings (SSSR count). The maximum absolute atomic E-state index is 12.0. The first kappa shape index (κ1) is 21.6. The van der Waals surface area contributed by atoms with E-state index in [-0.39, 0.29) is 5.91 Å². The molecule has 0 aromatic heterocycles. The van der Waals surface area contributed by atoms with Crippen LogP contribution in [0.2, 0.25) is 0 Å². The van der Waals surface area contributed by atoms with Gasteiger partial charge in [0.2, 0.25) is 5.91 Å². The van der Waals surface area contributed by atoms with E-state index in [1.54, 1.807) is 0 Å². The third-order valence-corrected chi connectivity index (χ3v) is 4.95. The van der Waals surface area contributed by atoms with Crippen LogP contribution in [0.1, 0.15) is 31.7 Å². The number of amides is 1. The van der Waals surface area contributed by atoms with E-state index < -0.39 is 0 Å². The molecule has 1 amide bonds. The minimum Gasteiger partial charge on any atom is -0.493 e. The van der Waals surface area contributed by atoms with Gasteiger partial charge in [0.05, 0.1) is 18.7 Å². The van der Waals surface area contributed by atoms with Gasteiger partial charge in [0.25, 0.3) is 0 Å². The number of hydrogen-bond donors (Lipinski definition) is 3. The number of benzene rings is 2. The molecule has 0 saturated heterocycles. The average molecular weight is 410 g/mol. The largest absolute Gasteiger partial charge is 0.493 e. The van der Waals surface area contributed by atoms with E-state index in [9.17, 15) is 4.79 Å². The molecule has 4 heterocycles. The number of anilines is 2. The normalized spacial score (nSPS) is 16.1. The second kappa shape index (κ2) is 11.2. The molecule has 0 fully saturated rings. The van der Waals surface area contributed by atoms with Gasteiger partial charge in [-0.1, -0.05) is 19.1 Å². The summed E-state index contributed by atoms with van der Waals surface area (Å²) in [7, 11) is 1.88. The summed E-state index contributed by atoms with van der Waals surface area (Å²) >= 11 is 0. The van der Waals surface area contributed by atoms with Crippen LogP contribution in [0, 0.1) is 0 Å². The first-order valence-electron chi connectivity index (χ1n) is 10.5. The number of carbonyl (C=O) groups excluding carboxylic acids is 1. The number of nitrogens with one attached hydrogen (secondary N) is 3. The minimum atomic E-state index is 0.0159. The van der Waals surface area contributed by atoms with E-state index in [1.807, 2.05) is 36.3 Å². The van der Waals surface area contributed by atoms with Crippen LogP contribution in [0.5, 0.6) is 5.75 Å². The summed E-state index contributed by atoms with van der Waals surface area (Å²) in [5.41, 5.74) is 6.47. The lowest BCUT2D eigenvalue weighted by Crippen LogP contribution is -2.40. The molecule has 7 heteroatoms. The Labute approximate surface area is 178 Å². The van der Waals surface area contributed by atoms with Gasteiger partial charge in [-0.25, -0.2) is 10.4 Å². The molecule has 0 unspecified atom stereocenters. The van der Waals surface area contributed by atoms with Crippen LogP contribution in [0.3, 0.4) is 0 Å². The molecule has 0 radical (unpaired) electrons. The zero-order chi connectivity index (χ0) is 21.2. The quantitative estimate of drug-likeness (QED) is 0.709. The standard InChI is InChI=1S/C23H31N5O2/c1-3-22-27-17-26-19-8-6-18(7-9-19)5-4-15-25-23(29)14-16-30-21-12-10-20(11-13-21)28(22)24-2/h6-13,24,26H,3-5,14-17H2,1-2H3,(H,25,29). The van der Waals surface area contributed by atoms with E-state index in [0.717, 1.165) is 42.2 Å². The fourth-order valence-corrected chi connectivity index (χ4v) is 3.32. The fourth-order valence-electron chi connectivity index (χ4n) is 3.32. The van der Waals surface area contributed by atoms with Crippen molar-refractivity contribution in [1.82, 2.24) is 10.7 Å². The summed E-state index contributed by atoms with van der Waals surface area (Å²) in [4.78, 5) is 16.7. The average Bonchev–Trinajstić information content (AvgIpc) is 2.77. The number of ether oxygens (including phenoxy) is 1. The van der Waals surface area contributed by atoms with Crippen LogP contribution in [0.15, 0.2) is 53.5 Å². The summed E-state index contributed by atoms with van der Waals surface area (Å²) in [6.07, 6.45) is 2.97. The number of aryl methyl sites for hydroxylation is 1. The van der Waals surface area contributed by atoms with Crippen LogP contribution in [0.4, 0.5) is 11.4 Å². The Balaban J connectivity index is 1.78. The van der Waals surface area contributed by atoms with Crippen LogP contribution in [-0.2, 0) is 11.2 Å². The molecule has 3 N–H and O–H groups in total. The molecule has 160 valence electrons. The van der Waals surface area contributed by atoms with Crippen LogP contribution < -0.4 is 25.8 Å². The Morgan fingerprint density at radius 2 is 1.83 bits per heavy atom. The Morgan fingerprint density at radius 1 is 1.07 bits per heavy atom. The highest BCUT2D eigenvalue weighted by Crippen LogP contribution is 2.20. The summed E-state index contributed by atoms with van der Waals surface area (Å²) < 4.78 is 5.72. The Hall–Kier alpha value is -3.06. The van der Waals surface area contributed by atoms with Crippen molar-refractivity contribution in [2.45, 2.75) is 32.6 Å². The molecule has 7 nitrogen and oxygen atoms in total. The predicted molar refractivity (Wildman–Crippen MR) is 122 cm³/mol. The van der Waals surface area contributed by atoms with Crippen LogP contribution >= 0.6 is 0 Å². The zero-order valence-corrected chi connectivity index (χ0v) is 17.8. The van der Waals surface area contributed by atoms with Crippen molar-refractivity contribution in [3.63, 3.8) is 0 Å². The molecule has 0 spiro atoms. The van der Waals surface area contributed by atoms with Crippen LogP contribution in [0.25, 0.3) is 0 Å². The van der Waals surface area contributed by atoms with Crippen molar-refractivity contribution >= 4 is 23.1 Å². The summed E-state index contributed by atoms with van der Waals surface area (Å²) in [6.45, 7) is 3.60. The number of hydrazine groups is 1. The highest BCUT2D eigenvalue weighted by Gasteiger charge is 2.11. The Kier molecular flexibility index (Phi) is 8.09. The molecule has 2 aromatic rings. The third kappa shape index (κ3) is 6.22. The zero-order valence-electron chi connectivity index (χ0n) is 17.8. The lowest BCUT2D eigenvalue weighted by molar-refractivity contribution is -0.121. The summed E-state index contributed by atoms with van der Waals surface area (Å²) in [5.74, 6) is 1.69. The predicted octanol–water partition coefficient (Wildman–Crippen LogP) is 3.34. The smallest absolute Gasteiger partial charge is 0.223 e. The molecule has 4 bridgehead atoms. The number of nitrogens with zero attached hydrogens (tertiary/aromatic N) is 2. The van der Waals surface area contributed by atoms with Gasteiger partial charge in [-0.15, -0.1) is 0 Å². The molecule has 0 aliphatic carbocycles. The van der Waals surface area contributed by atoms with Crippen molar-refractivity contribution in [1.29, 1.82) is 0 Å². The van der Waals surface area contributed by atoms with Gasteiger partial charge in [-0.2, -0.15) is 0 Å². The maximum Gasteiger partial charge on any atom is 0.223 e. The third-order valence-electron chi connectivity index (χ3n) is 4.95. The van der Waals surface area contributed by atoms with Crippen LogP contribution in [-0.4, -0.2) is 38.6 Å². The molecule has 0 saturated carbocycles. The van der Waals surface area contributed by atoms with E-state index >= 15 is 0 Å². The Bertz CT molecular complexity index is 834. The molecular formula is C23H31N5O2. The Morgan fingerprint density at radius 3 is 2.53 bits per heavy atom. The monoisotopic (exact) mass is 409 g/mol. The number of amidine groups is 1. The van der Waals surface area contributed by atoms with Crippen molar-refractivity contribution in [3.8, 4) is 5.75 Å². The molecule has 0 atom stereocenters. The SMILES string of the molecule is CCC1=NCNc2ccc(cc2)CCCNC(=O)CCOc2ccc(cc2)N1NC. The van der Waals surface area contributed by atoms with Gasteiger partial charge in [0, 0.05) is 25.7 Å². The van der Waals surface area contributed by atoms with Gasteiger partial charge in [-0.05, 0) is 54.8 Å². The van der Waals surface area contributed by atoms with Gasteiger partial charge in [0.1, 0.15) is 18.3 Å². The lowest BCUT2D eigenvalue weighted by Gasteiger charge is -2.25. The van der Waals surface area contributed by atoms with Crippen molar-refractivity contribution in [3.05, 3.63) is 54.1 Å². The second-order valence-corrected chi connectivity index (χ2v) is 7.06. The molecule has 4 aliphatic rings. The van der Waals surface area contributed by atoms with E-state index in [0.29, 0.717) is 26.2 Å². The minimum absolute atomic E-state index is 0.0159. The number of hydrogen-bond acceptors (Lipinski definition) is 6. The van der Waals surface area contributed by atoms with Crippen molar-refractivity contribution < 1.29 is 9.53 Å². The summed E-state index contributed by atoms with van der Waals surface area (Å²) in [6, 6.07) is 16.2. The number of aliphatic imine (C=N–C) groups is 1. The van der Waals surface area contributed by atoms with Gasteiger partial charge >= 0.3 is 0 Å². The molecule has 2 aromatic carbocycles. The fraction of sp³-hybridized carbons (Fsp3) is 0.391. The van der Waals surface area contributed by atoms with Gasteiger partial charge < -0.3 is 15.4 Å². The van der Waals surface area contributed by atoms with Gasteiger partial charge in [0.15, 0.2) is 0 Å². The van der Waals surface area contributed by atoms with E-state index in [1.165, 1.54) is 5.56 Å². The second-order valence-electron chi connectivity index (χ2n) is 7.06. The molecule has 30 heavy (non-hydrogen) atoms. The number of rotatable bonds is 2. The van der Waals surface area contributed by atoms with Crippen molar-refractivity contribution in [2.75, 3.05) is 37.2 Å². The highest BCUT2D eigenvalue weighted by atomic mass is 16.5. The molecule has 4 aliphatic heterocycles. The van der Waals surface area contributed by atoms with Gasteiger partial charge in [-0.3, -0.25) is 9.80 Å². The first-order valence-corrected chi connectivity index (χ1v) is 10.5. The van der Waals surface area contributed by atoms with E-state index in [2.05, 4.69) is 47.2 Å². The topological polar surface area (TPSA) is 78.0 Å². The molecular weight excluding hydrogens is 378 g/mol. The van der Waals surface area contributed by atoms with E-state index in [4.69, 9.17) is 9.73 Å². The maximum atomic E-state index is 12.0. The lowest BCUT2D eigenvalue weighted by atomic mass is 10.1. The number of carbonyl (C=O) groups is 1. The summed E-state index contributed by atoms with van der Waals surface area (Å²) in [5, 5.41) is 8.28. The van der Waals surface area contributed by atoms with Crippen molar-refractivity contribution in [2.24, 2.45) is 4.99 Å². The first-order chi connectivity index (χ1) is 14.7.